The van der Waals surface area contributed by atoms with Crippen LogP contribution in [0.2, 0.25) is 5.02 Å². The first kappa shape index (κ1) is 27.8. The van der Waals surface area contributed by atoms with Crippen LogP contribution in [0.4, 0.5) is 14.7 Å². The van der Waals surface area contributed by atoms with Crippen LogP contribution in [0.5, 0.6) is 5.75 Å². The van der Waals surface area contributed by atoms with Crippen molar-refractivity contribution in [2.24, 2.45) is 5.41 Å². The van der Waals surface area contributed by atoms with Gasteiger partial charge in [0.2, 0.25) is 5.95 Å². The Hall–Kier alpha value is -3.79. The zero-order valence-corrected chi connectivity index (χ0v) is 23.3. The smallest absolute Gasteiger partial charge is 0.387 e. The number of halogens is 3. The minimum absolute atomic E-state index is 0.130. The number of esters is 1. The van der Waals surface area contributed by atoms with Crippen molar-refractivity contribution < 1.29 is 23.0 Å². The third kappa shape index (κ3) is 5.58. The number of imidazole rings is 1. The van der Waals surface area contributed by atoms with E-state index in [2.05, 4.69) is 19.9 Å². The Bertz CT molecular complexity index is 1520. The fraction of sp³-hybridized carbons (Fsp3) is 0.379. The van der Waals surface area contributed by atoms with E-state index in [9.17, 15) is 13.6 Å². The van der Waals surface area contributed by atoms with E-state index in [1.807, 2.05) is 31.4 Å². The van der Waals surface area contributed by atoms with Crippen molar-refractivity contribution in [2.45, 2.75) is 46.6 Å². The number of aromatic nitrogens is 4. The molecule has 0 unspecified atom stereocenters. The third-order valence-corrected chi connectivity index (χ3v) is 7.74. The number of aryl methyl sites for hydroxylation is 1. The lowest BCUT2D eigenvalue weighted by atomic mass is 9.80. The van der Waals surface area contributed by atoms with Gasteiger partial charge in [-0.05, 0) is 39.7 Å². The summed E-state index contributed by atoms with van der Waals surface area (Å²) in [5, 5.41) is 0.491. The summed E-state index contributed by atoms with van der Waals surface area (Å²) in [5.74, 6) is 0.557. The number of carbonyl (C=O) groups is 1. The molecule has 11 heteroatoms. The quantitative estimate of drug-likeness (QED) is 0.237. The zero-order chi connectivity index (χ0) is 28.4. The Morgan fingerprint density at radius 2 is 1.88 bits per heavy atom. The second kappa shape index (κ2) is 11.4. The molecule has 5 rings (SSSR count). The molecule has 0 aliphatic carbocycles. The van der Waals surface area contributed by atoms with E-state index in [1.165, 1.54) is 6.07 Å². The predicted molar refractivity (Wildman–Crippen MR) is 148 cm³/mol. The van der Waals surface area contributed by atoms with Crippen LogP contribution in [0.3, 0.4) is 0 Å². The highest BCUT2D eigenvalue weighted by atomic mass is 35.5. The number of piperidine rings is 1. The summed E-state index contributed by atoms with van der Waals surface area (Å²) in [6, 6.07) is 8.50. The zero-order valence-electron chi connectivity index (χ0n) is 22.5. The molecule has 0 amide bonds. The summed E-state index contributed by atoms with van der Waals surface area (Å²) in [6.07, 6.45) is 6.98. The molecule has 1 aliphatic rings. The Labute approximate surface area is 235 Å². The van der Waals surface area contributed by atoms with Crippen LogP contribution in [0.15, 0.2) is 48.9 Å². The lowest BCUT2D eigenvalue weighted by Crippen LogP contribution is -2.44. The lowest BCUT2D eigenvalue weighted by molar-refractivity contribution is -0.155. The molecule has 3 aromatic heterocycles. The first-order valence-electron chi connectivity index (χ1n) is 13.1. The summed E-state index contributed by atoms with van der Waals surface area (Å²) in [6.45, 7) is 4.39. The van der Waals surface area contributed by atoms with E-state index >= 15 is 0 Å². The molecule has 0 spiro atoms. The number of fused-ring (bicyclic) bond motifs is 1. The summed E-state index contributed by atoms with van der Waals surface area (Å²) in [5.41, 5.74) is 3.79. The van der Waals surface area contributed by atoms with Crippen molar-refractivity contribution in [1.29, 1.82) is 0 Å². The average molecular weight is 570 g/mol. The number of nitrogens with zero attached hydrogens (tertiary/aromatic N) is 5. The van der Waals surface area contributed by atoms with Gasteiger partial charge in [-0.15, -0.1) is 0 Å². The normalized spacial score (nSPS) is 15.0. The largest absolute Gasteiger partial charge is 0.466 e. The Morgan fingerprint density at radius 3 is 2.55 bits per heavy atom. The van der Waals surface area contributed by atoms with Gasteiger partial charge in [-0.1, -0.05) is 29.8 Å². The van der Waals surface area contributed by atoms with E-state index in [1.54, 1.807) is 36.7 Å². The van der Waals surface area contributed by atoms with Crippen molar-refractivity contribution in [3.8, 4) is 16.9 Å². The fourth-order valence-electron chi connectivity index (χ4n) is 5.03. The molecule has 4 aromatic rings. The summed E-state index contributed by atoms with van der Waals surface area (Å²) in [7, 11) is 0. The van der Waals surface area contributed by atoms with Crippen LogP contribution in [-0.4, -0.2) is 51.6 Å². The third-order valence-electron chi connectivity index (χ3n) is 7.42. The van der Waals surface area contributed by atoms with E-state index in [4.69, 9.17) is 21.1 Å². The number of ether oxygens (including phenoxy) is 2. The van der Waals surface area contributed by atoms with Crippen LogP contribution in [0, 0.1) is 12.3 Å². The van der Waals surface area contributed by atoms with Gasteiger partial charge in [-0.25, -0.2) is 15.0 Å². The van der Waals surface area contributed by atoms with Gasteiger partial charge in [0.15, 0.2) is 0 Å². The highest BCUT2D eigenvalue weighted by Gasteiger charge is 2.38. The number of carbonyl (C=O) groups excluding carboxylic acids is 1. The second-order valence-electron chi connectivity index (χ2n) is 10.1. The molecule has 1 aromatic carbocycles. The minimum atomic E-state index is -2.91. The van der Waals surface area contributed by atoms with E-state index in [-0.39, 0.29) is 11.7 Å². The van der Waals surface area contributed by atoms with Crippen molar-refractivity contribution in [2.75, 3.05) is 24.6 Å². The Morgan fingerprint density at radius 1 is 1.18 bits per heavy atom. The van der Waals surface area contributed by atoms with Crippen LogP contribution < -0.4 is 9.64 Å². The maximum Gasteiger partial charge on any atom is 0.387 e. The standard InChI is InChI=1S/C29H30ClF2N5O3/c1-4-39-26(38)29(3)9-11-36(12-10-29)28-33-15-20(16-34-28)21-17-37-23(18(2)35-25(37)14-22(21)30)13-19-7-5-6-8-24(19)40-27(31)32/h5-8,14-17,27H,4,9-13H2,1-3H3. The van der Waals surface area contributed by atoms with Crippen molar-refractivity contribution in [1.82, 2.24) is 19.4 Å². The van der Waals surface area contributed by atoms with Crippen LogP contribution in [-0.2, 0) is 16.0 Å². The molecule has 0 atom stereocenters. The van der Waals surface area contributed by atoms with Gasteiger partial charge < -0.3 is 18.8 Å². The average Bonchev–Trinajstić information content (AvgIpc) is 3.23. The van der Waals surface area contributed by atoms with Crippen molar-refractivity contribution in [3.63, 3.8) is 0 Å². The Balaban J connectivity index is 1.39. The summed E-state index contributed by atoms with van der Waals surface area (Å²) < 4.78 is 37.8. The van der Waals surface area contributed by atoms with E-state index in [0.29, 0.717) is 66.7 Å². The molecule has 0 saturated carbocycles. The monoisotopic (exact) mass is 569 g/mol. The topological polar surface area (TPSA) is 81.9 Å². The molecular formula is C29H30ClF2N5O3. The van der Waals surface area contributed by atoms with Gasteiger partial charge in [0, 0.05) is 66.6 Å². The molecule has 40 heavy (non-hydrogen) atoms. The fourth-order valence-corrected chi connectivity index (χ4v) is 5.29. The molecule has 1 aliphatic heterocycles. The number of hydrogen-bond acceptors (Lipinski definition) is 7. The number of benzene rings is 1. The SMILES string of the molecule is CCOC(=O)C1(C)CCN(c2ncc(-c3cn4c(Cc5ccccc5OC(F)F)c(C)nc4cc3Cl)cn2)CC1. The summed E-state index contributed by atoms with van der Waals surface area (Å²) in [4.78, 5) is 28.2. The van der Waals surface area contributed by atoms with E-state index < -0.39 is 12.0 Å². The number of anilines is 1. The number of pyridine rings is 1. The molecule has 1 saturated heterocycles. The van der Waals surface area contributed by atoms with Gasteiger partial charge in [0.1, 0.15) is 11.4 Å². The number of rotatable bonds is 8. The maximum atomic E-state index is 13.0. The highest BCUT2D eigenvalue weighted by molar-refractivity contribution is 6.33. The maximum absolute atomic E-state index is 13.0. The second-order valence-corrected chi connectivity index (χ2v) is 10.5. The molecule has 210 valence electrons. The first-order valence-corrected chi connectivity index (χ1v) is 13.5. The van der Waals surface area contributed by atoms with Gasteiger partial charge in [0.05, 0.1) is 22.7 Å². The molecule has 0 N–H and O–H groups in total. The molecule has 8 nitrogen and oxygen atoms in total. The number of alkyl halides is 2. The minimum Gasteiger partial charge on any atom is -0.466 e. The molecule has 0 bridgehead atoms. The Kier molecular flexibility index (Phi) is 7.89. The highest BCUT2D eigenvalue weighted by Crippen LogP contribution is 2.35. The van der Waals surface area contributed by atoms with Crippen molar-refractivity contribution in [3.05, 3.63) is 70.9 Å². The van der Waals surface area contributed by atoms with Gasteiger partial charge in [0.25, 0.3) is 0 Å². The van der Waals surface area contributed by atoms with Gasteiger partial charge >= 0.3 is 12.6 Å². The van der Waals surface area contributed by atoms with Crippen LogP contribution in [0.1, 0.15) is 43.6 Å². The predicted octanol–water partition coefficient (Wildman–Crippen LogP) is 6.11. The van der Waals surface area contributed by atoms with Gasteiger partial charge in [-0.2, -0.15) is 8.78 Å². The van der Waals surface area contributed by atoms with E-state index in [0.717, 1.165) is 17.0 Å². The van der Waals surface area contributed by atoms with Gasteiger partial charge in [-0.3, -0.25) is 4.79 Å². The molecule has 4 heterocycles. The van der Waals surface area contributed by atoms with Crippen molar-refractivity contribution >= 4 is 29.2 Å². The number of hydrogen-bond donors (Lipinski definition) is 0. The molecule has 0 radical (unpaired) electrons. The van der Waals surface area contributed by atoms with Crippen LogP contribution >= 0.6 is 11.6 Å². The lowest BCUT2D eigenvalue weighted by Gasteiger charge is -2.37. The van der Waals surface area contributed by atoms with Crippen LogP contribution in [0.25, 0.3) is 16.8 Å². The summed E-state index contributed by atoms with van der Waals surface area (Å²) >= 11 is 6.65. The molecule has 1 fully saturated rings. The number of para-hydroxylation sites is 1. The first-order chi connectivity index (χ1) is 19.2. The molecular weight excluding hydrogens is 540 g/mol.